The molecule has 1 fully saturated rings. The number of carbonyl (C=O) groups is 1. The third-order valence-corrected chi connectivity index (χ3v) is 5.68. The van der Waals surface area contributed by atoms with E-state index in [9.17, 15) is 4.79 Å². The van der Waals surface area contributed by atoms with Gasteiger partial charge >= 0.3 is 0 Å². The Balaban J connectivity index is 0.00000240. The van der Waals surface area contributed by atoms with Crippen LogP contribution in [0.3, 0.4) is 0 Å². The second-order valence-electron chi connectivity index (χ2n) is 6.57. The van der Waals surface area contributed by atoms with Crippen molar-refractivity contribution in [2.75, 3.05) is 51.4 Å². The maximum atomic E-state index is 13.1. The molecule has 29 heavy (non-hydrogen) atoms. The molecule has 0 unspecified atom stereocenters. The average molecular weight is 439 g/mol. The zero-order valence-electron chi connectivity index (χ0n) is 16.3. The number of rotatable bonds is 6. The summed E-state index contributed by atoms with van der Waals surface area (Å²) >= 11 is 1.46. The van der Waals surface area contributed by atoms with Gasteiger partial charge in [0.05, 0.1) is 36.2 Å². The number of hydrogen-bond acceptors (Lipinski definition) is 8. The maximum Gasteiger partial charge on any atom is 0.298 e. The first kappa shape index (κ1) is 21.5. The molecule has 0 radical (unpaired) electrons. The average Bonchev–Trinajstić information content (AvgIpc) is 3.34. The van der Waals surface area contributed by atoms with Crippen LogP contribution in [0.2, 0.25) is 0 Å². The number of fused-ring (bicyclic) bond motifs is 1. The quantitative estimate of drug-likeness (QED) is 0.585. The number of methoxy groups -OCH3 is 1. The monoisotopic (exact) mass is 438 g/mol. The van der Waals surface area contributed by atoms with E-state index in [1.54, 1.807) is 25.0 Å². The van der Waals surface area contributed by atoms with Crippen LogP contribution in [0.4, 0.5) is 5.13 Å². The molecule has 3 aromatic rings. The predicted octanol–water partition coefficient (Wildman–Crippen LogP) is 3.00. The summed E-state index contributed by atoms with van der Waals surface area (Å²) in [5, 5.41) is 4.48. The summed E-state index contributed by atoms with van der Waals surface area (Å²) in [4.78, 5) is 21.7. The number of benzene rings is 1. The Hall–Kier alpha value is -2.20. The van der Waals surface area contributed by atoms with Gasteiger partial charge in [-0.15, -0.1) is 12.4 Å². The van der Waals surface area contributed by atoms with Crippen LogP contribution < -0.4 is 9.64 Å². The fourth-order valence-corrected chi connectivity index (χ4v) is 4.10. The zero-order chi connectivity index (χ0) is 19.5. The van der Waals surface area contributed by atoms with Gasteiger partial charge in [0.1, 0.15) is 5.75 Å². The van der Waals surface area contributed by atoms with Crippen molar-refractivity contribution >= 4 is 45.0 Å². The van der Waals surface area contributed by atoms with Gasteiger partial charge in [0.15, 0.2) is 5.13 Å². The van der Waals surface area contributed by atoms with E-state index in [-0.39, 0.29) is 24.1 Å². The highest BCUT2D eigenvalue weighted by molar-refractivity contribution is 7.22. The molecule has 0 bridgehead atoms. The number of thiazole rings is 1. The molecule has 0 saturated carbocycles. The molecule has 1 amide bonds. The molecule has 0 N–H and O–H groups in total. The van der Waals surface area contributed by atoms with Gasteiger partial charge in [0, 0.05) is 32.2 Å². The molecule has 10 heteroatoms. The van der Waals surface area contributed by atoms with E-state index in [1.807, 2.05) is 18.2 Å². The Morgan fingerprint density at radius 1 is 1.31 bits per heavy atom. The predicted molar refractivity (Wildman–Crippen MR) is 114 cm³/mol. The second-order valence-corrected chi connectivity index (χ2v) is 7.58. The van der Waals surface area contributed by atoms with E-state index in [1.165, 1.54) is 11.3 Å². The number of nitrogens with zero attached hydrogens (tertiary/aromatic N) is 4. The van der Waals surface area contributed by atoms with Crippen LogP contribution in [0.5, 0.6) is 5.75 Å². The van der Waals surface area contributed by atoms with Crippen molar-refractivity contribution < 1.29 is 18.8 Å². The van der Waals surface area contributed by atoms with Crippen LogP contribution in [0.25, 0.3) is 10.2 Å². The molecule has 0 spiro atoms. The fraction of sp³-hybridized carbons (Fsp3) is 0.421. The van der Waals surface area contributed by atoms with Gasteiger partial charge < -0.3 is 14.0 Å². The summed E-state index contributed by atoms with van der Waals surface area (Å²) in [6.07, 6.45) is 0. The minimum Gasteiger partial charge on any atom is -0.497 e. The molecular formula is C19H23ClN4O4S. The molecule has 1 aliphatic heterocycles. The van der Waals surface area contributed by atoms with Crippen molar-refractivity contribution in [2.45, 2.75) is 6.92 Å². The SMILES string of the molecule is COc1ccc2nc(N(CCN3CCOCC3)C(=O)c3cc(C)no3)sc2c1.Cl. The van der Waals surface area contributed by atoms with Gasteiger partial charge in [-0.2, -0.15) is 0 Å². The molecule has 2 aromatic heterocycles. The largest absolute Gasteiger partial charge is 0.497 e. The van der Waals surface area contributed by atoms with Gasteiger partial charge in [-0.1, -0.05) is 16.5 Å². The topological polar surface area (TPSA) is 80.9 Å². The van der Waals surface area contributed by atoms with Gasteiger partial charge in [-0.05, 0) is 25.1 Å². The van der Waals surface area contributed by atoms with Gasteiger partial charge in [0.2, 0.25) is 5.76 Å². The summed E-state index contributed by atoms with van der Waals surface area (Å²) in [6, 6.07) is 7.35. The van der Waals surface area contributed by atoms with Crippen molar-refractivity contribution in [1.29, 1.82) is 0 Å². The minimum absolute atomic E-state index is 0. The molecule has 0 aliphatic carbocycles. The summed E-state index contributed by atoms with van der Waals surface area (Å²) in [6.45, 7) is 6.20. The maximum absolute atomic E-state index is 13.1. The minimum atomic E-state index is -0.236. The number of anilines is 1. The Labute approximate surface area is 178 Å². The second kappa shape index (κ2) is 9.53. The Morgan fingerprint density at radius 2 is 2.10 bits per heavy atom. The molecule has 156 valence electrons. The molecule has 8 nitrogen and oxygen atoms in total. The number of morpholine rings is 1. The summed E-state index contributed by atoms with van der Waals surface area (Å²) in [7, 11) is 1.63. The van der Waals surface area contributed by atoms with Gasteiger partial charge in [-0.3, -0.25) is 14.6 Å². The first-order valence-corrected chi connectivity index (χ1v) is 9.95. The zero-order valence-corrected chi connectivity index (χ0v) is 17.9. The van der Waals surface area contributed by atoms with Crippen LogP contribution >= 0.6 is 23.7 Å². The van der Waals surface area contributed by atoms with Crippen LogP contribution in [0, 0.1) is 6.92 Å². The van der Waals surface area contributed by atoms with Crippen molar-refractivity contribution in [3.8, 4) is 5.75 Å². The highest BCUT2D eigenvalue weighted by Gasteiger charge is 2.25. The van der Waals surface area contributed by atoms with E-state index in [4.69, 9.17) is 14.0 Å². The lowest BCUT2D eigenvalue weighted by Gasteiger charge is -2.28. The fourth-order valence-electron chi connectivity index (χ4n) is 3.08. The lowest BCUT2D eigenvalue weighted by Crippen LogP contribution is -2.43. The van der Waals surface area contributed by atoms with Gasteiger partial charge in [-0.25, -0.2) is 4.98 Å². The first-order valence-electron chi connectivity index (χ1n) is 9.14. The molecule has 4 rings (SSSR count). The van der Waals surface area contributed by atoms with Crippen LogP contribution in [0.1, 0.15) is 16.2 Å². The first-order chi connectivity index (χ1) is 13.6. The summed E-state index contributed by atoms with van der Waals surface area (Å²) in [5.41, 5.74) is 1.50. The van der Waals surface area contributed by atoms with E-state index >= 15 is 0 Å². The molecule has 1 aliphatic rings. The normalized spacial score (nSPS) is 14.6. The number of aryl methyl sites for hydroxylation is 1. The number of hydrogen-bond donors (Lipinski definition) is 0. The molecule has 1 saturated heterocycles. The third-order valence-electron chi connectivity index (χ3n) is 4.64. The van der Waals surface area contributed by atoms with E-state index in [0.29, 0.717) is 17.4 Å². The van der Waals surface area contributed by atoms with Crippen molar-refractivity contribution in [3.63, 3.8) is 0 Å². The Bertz CT molecular complexity index is 970. The number of amides is 1. The molecule has 3 heterocycles. The van der Waals surface area contributed by atoms with Crippen molar-refractivity contribution in [1.82, 2.24) is 15.0 Å². The highest BCUT2D eigenvalue weighted by atomic mass is 35.5. The van der Waals surface area contributed by atoms with E-state index in [0.717, 1.165) is 48.8 Å². The number of aromatic nitrogens is 2. The molecule has 1 aromatic carbocycles. The number of carbonyl (C=O) groups excluding carboxylic acids is 1. The molecular weight excluding hydrogens is 416 g/mol. The van der Waals surface area contributed by atoms with E-state index in [2.05, 4.69) is 15.0 Å². The highest BCUT2D eigenvalue weighted by Crippen LogP contribution is 2.32. The van der Waals surface area contributed by atoms with Crippen LogP contribution in [-0.4, -0.2) is 67.5 Å². The third kappa shape index (κ3) is 4.87. The smallest absolute Gasteiger partial charge is 0.298 e. The summed E-state index contributed by atoms with van der Waals surface area (Å²) < 4.78 is 16.9. The van der Waals surface area contributed by atoms with Gasteiger partial charge in [0.25, 0.3) is 5.91 Å². The lowest BCUT2D eigenvalue weighted by atomic mass is 10.3. The number of halogens is 1. The summed E-state index contributed by atoms with van der Waals surface area (Å²) in [5.74, 6) is 0.746. The Morgan fingerprint density at radius 3 is 2.79 bits per heavy atom. The lowest BCUT2D eigenvalue weighted by molar-refractivity contribution is 0.0390. The molecule has 0 atom stereocenters. The van der Waals surface area contributed by atoms with Crippen molar-refractivity contribution in [3.05, 3.63) is 35.7 Å². The van der Waals surface area contributed by atoms with Crippen LogP contribution in [0.15, 0.2) is 28.8 Å². The standard InChI is InChI=1S/C19H22N4O4S.ClH/c1-13-11-16(27-21-13)18(24)23(6-5-22-7-9-26-10-8-22)19-20-15-4-3-14(25-2)12-17(15)28-19;/h3-4,11-12H,5-10H2,1-2H3;1H. The Kier molecular flexibility index (Phi) is 7.07. The number of ether oxygens (including phenoxy) is 2. The van der Waals surface area contributed by atoms with Crippen molar-refractivity contribution in [2.24, 2.45) is 0 Å². The van der Waals surface area contributed by atoms with Crippen LogP contribution in [-0.2, 0) is 4.74 Å². The van der Waals surface area contributed by atoms with E-state index < -0.39 is 0 Å².